The lowest BCUT2D eigenvalue weighted by Gasteiger charge is -2.44. The van der Waals surface area contributed by atoms with Crippen molar-refractivity contribution in [1.82, 2.24) is 15.1 Å². The van der Waals surface area contributed by atoms with E-state index in [0.29, 0.717) is 13.0 Å². The highest BCUT2D eigenvalue weighted by molar-refractivity contribution is 5.88. The molecule has 1 saturated carbocycles. The van der Waals surface area contributed by atoms with Gasteiger partial charge in [-0.2, -0.15) is 0 Å². The summed E-state index contributed by atoms with van der Waals surface area (Å²) in [6.07, 6.45) is 10.0. The number of piperidine rings is 1. The molecule has 0 aromatic heterocycles. The Morgan fingerprint density at radius 3 is 2.35 bits per heavy atom. The Labute approximate surface area is 187 Å². The van der Waals surface area contributed by atoms with Crippen LogP contribution in [-0.2, 0) is 15.0 Å². The standard InChI is InChI=1S/C26H39N3O2/c1-20-8-10-22(11-9-20)26(14-4-3-5-15-26)19-28-17-12-23(13-18-28)27-25(31)21(2)29-16-6-7-24(29)30/h8-11,21,23H,3-7,12-19H2,1-2H3,(H,27,31). The Hall–Kier alpha value is -1.88. The fourth-order valence-electron chi connectivity index (χ4n) is 5.88. The highest BCUT2D eigenvalue weighted by Crippen LogP contribution is 2.40. The number of benzene rings is 1. The number of likely N-dealkylation sites (tertiary alicyclic amines) is 2. The first kappa shape index (κ1) is 22.3. The fraction of sp³-hybridized carbons (Fsp3) is 0.692. The van der Waals surface area contributed by atoms with Gasteiger partial charge >= 0.3 is 0 Å². The number of hydrogen-bond donors (Lipinski definition) is 1. The summed E-state index contributed by atoms with van der Waals surface area (Å²) >= 11 is 0. The molecule has 0 spiro atoms. The van der Waals surface area contributed by atoms with Gasteiger partial charge in [0.1, 0.15) is 6.04 Å². The van der Waals surface area contributed by atoms with Gasteiger partial charge in [0.25, 0.3) is 0 Å². The third-order valence-corrected chi connectivity index (χ3v) is 7.89. The maximum Gasteiger partial charge on any atom is 0.242 e. The van der Waals surface area contributed by atoms with E-state index in [-0.39, 0.29) is 29.3 Å². The number of nitrogens with one attached hydrogen (secondary N) is 1. The van der Waals surface area contributed by atoms with Crippen LogP contribution in [0.1, 0.15) is 75.8 Å². The quantitative estimate of drug-likeness (QED) is 0.754. The third-order valence-electron chi connectivity index (χ3n) is 7.89. The zero-order chi connectivity index (χ0) is 21.8. The molecule has 1 aromatic carbocycles. The molecule has 3 fully saturated rings. The number of aryl methyl sites for hydroxylation is 1. The van der Waals surface area contributed by atoms with Crippen LogP contribution in [0, 0.1) is 6.92 Å². The summed E-state index contributed by atoms with van der Waals surface area (Å²) in [7, 11) is 0. The number of rotatable bonds is 6. The lowest BCUT2D eigenvalue weighted by atomic mass is 9.69. The van der Waals surface area contributed by atoms with E-state index in [4.69, 9.17) is 0 Å². The van der Waals surface area contributed by atoms with Crippen molar-refractivity contribution in [2.75, 3.05) is 26.2 Å². The summed E-state index contributed by atoms with van der Waals surface area (Å²) in [4.78, 5) is 29.0. The molecule has 5 heteroatoms. The van der Waals surface area contributed by atoms with Crippen LogP contribution >= 0.6 is 0 Å². The summed E-state index contributed by atoms with van der Waals surface area (Å²) in [5, 5.41) is 3.23. The van der Waals surface area contributed by atoms with E-state index in [1.807, 2.05) is 6.92 Å². The molecule has 0 radical (unpaired) electrons. The molecule has 4 rings (SSSR count). The topological polar surface area (TPSA) is 52.7 Å². The number of carbonyl (C=O) groups is 2. The van der Waals surface area contributed by atoms with Gasteiger partial charge in [0.05, 0.1) is 0 Å². The smallest absolute Gasteiger partial charge is 0.242 e. The number of amides is 2. The van der Waals surface area contributed by atoms with Gasteiger partial charge in [-0.05, 0) is 51.5 Å². The van der Waals surface area contributed by atoms with E-state index in [0.717, 1.165) is 38.9 Å². The molecular weight excluding hydrogens is 386 g/mol. The highest BCUT2D eigenvalue weighted by atomic mass is 16.2. The van der Waals surface area contributed by atoms with Gasteiger partial charge in [-0.3, -0.25) is 9.59 Å². The molecule has 3 aliphatic rings. The van der Waals surface area contributed by atoms with E-state index in [1.165, 1.54) is 43.2 Å². The Balaban J connectivity index is 1.32. The molecule has 1 aromatic rings. The fourth-order valence-corrected chi connectivity index (χ4v) is 5.88. The largest absolute Gasteiger partial charge is 0.351 e. The highest BCUT2D eigenvalue weighted by Gasteiger charge is 2.37. The van der Waals surface area contributed by atoms with Crippen molar-refractivity contribution in [3.8, 4) is 0 Å². The number of carbonyl (C=O) groups excluding carboxylic acids is 2. The predicted molar refractivity (Wildman–Crippen MR) is 124 cm³/mol. The van der Waals surface area contributed by atoms with Crippen LogP contribution in [-0.4, -0.2) is 59.9 Å². The average molecular weight is 426 g/mol. The Morgan fingerprint density at radius 2 is 1.74 bits per heavy atom. The normalized spacial score (nSPS) is 23.7. The Bertz CT molecular complexity index is 761. The Kier molecular flexibility index (Phi) is 7.00. The summed E-state index contributed by atoms with van der Waals surface area (Å²) in [5.41, 5.74) is 3.13. The molecule has 2 aliphatic heterocycles. The lowest BCUT2D eigenvalue weighted by molar-refractivity contribution is -0.137. The zero-order valence-electron chi connectivity index (χ0n) is 19.4. The van der Waals surface area contributed by atoms with E-state index < -0.39 is 0 Å². The lowest BCUT2D eigenvalue weighted by Crippen LogP contribution is -2.53. The van der Waals surface area contributed by atoms with E-state index in [9.17, 15) is 9.59 Å². The second-order valence-electron chi connectivity index (χ2n) is 10.1. The van der Waals surface area contributed by atoms with Crippen LogP contribution < -0.4 is 5.32 Å². The summed E-state index contributed by atoms with van der Waals surface area (Å²) in [5.74, 6) is 0.128. The summed E-state index contributed by atoms with van der Waals surface area (Å²) < 4.78 is 0. The molecule has 1 atom stereocenters. The second kappa shape index (κ2) is 9.72. The molecule has 2 heterocycles. The minimum absolute atomic E-state index is 0.0112. The van der Waals surface area contributed by atoms with E-state index in [2.05, 4.69) is 41.4 Å². The van der Waals surface area contributed by atoms with Crippen molar-refractivity contribution in [3.63, 3.8) is 0 Å². The second-order valence-corrected chi connectivity index (χ2v) is 10.1. The molecule has 31 heavy (non-hydrogen) atoms. The van der Waals surface area contributed by atoms with Crippen molar-refractivity contribution < 1.29 is 9.59 Å². The maximum absolute atomic E-state index is 12.7. The van der Waals surface area contributed by atoms with Crippen molar-refractivity contribution >= 4 is 11.8 Å². The molecule has 2 saturated heterocycles. The number of nitrogens with zero attached hydrogens (tertiary/aromatic N) is 2. The summed E-state index contributed by atoms with van der Waals surface area (Å²) in [6.45, 7) is 7.95. The minimum Gasteiger partial charge on any atom is -0.351 e. The molecular formula is C26H39N3O2. The van der Waals surface area contributed by atoms with Gasteiger partial charge in [0, 0.05) is 44.1 Å². The predicted octanol–water partition coefficient (Wildman–Crippen LogP) is 3.79. The van der Waals surface area contributed by atoms with Gasteiger partial charge in [-0.25, -0.2) is 0 Å². The van der Waals surface area contributed by atoms with Gasteiger partial charge in [0.2, 0.25) is 11.8 Å². The molecule has 0 bridgehead atoms. The monoisotopic (exact) mass is 425 g/mol. The van der Waals surface area contributed by atoms with Crippen LogP contribution in [0.2, 0.25) is 0 Å². The van der Waals surface area contributed by atoms with Crippen LogP contribution in [0.4, 0.5) is 0 Å². The van der Waals surface area contributed by atoms with Crippen molar-refractivity contribution in [3.05, 3.63) is 35.4 Å². The molecule has 1 N–H and O–H groups in total. The van der Waals surface area contributed by atoms with Gasteiger partial charge in [-0.1, -0.05) is 49.1 Å². The first-order valence-electron chi connectivity index (χ1n) is 12.4. The Morgan fingerprint density at radius 1 is 1.06 bits per heavy atom. The minimum atomic E-state index is -0.347. The van der Waals surface area contributed by atoms with Gasteiger partial charge in [0.15, 0.2) is 0 Å². The average Bonchev–Trinajstić information content (AvgIpc) is 3.21. The van der Waals surface area contributed by atoms with Crippen LogP contribution in [0.15, 0.2) is 24.3 Å². The van der Waals surface area contributed by atoms with Crippen molar-refractivity contribution in [2.45, 2.75) is 89.1 Å². The van der Waals surface area contributed by atoms with Crippen LogP contribution in [0.25, 0.3) is 0 Å². The van der Waals surface area contributed by atoms with E-state index in [1.54, 1.807) is 4.90 Å². The van der Waals surface area contributed by atoms with E-state index >= 15 is 0 Å². The maximum atomic E-state index is 12.7. The van der Waals surface area contributed by atoms with Crippen LogP contribution in [0.3, 0.4) is 0 Å². The molecule has 1 unspecified atom stereocenters. The first-order valence-corrected chi connectivity index (χ1v) is 12.4. The van der Waals surface area contributed by atoms with Crippen molar-refractivity contribution in [1.29, 1.82) is 0 Å². The molecule has 5 nitrogen and oxygen atoms in total. The molecule has 2 amide bonds. The number of hydrogen-bond acceptors (Lipinski definition) is 3. The van der Waals surface area contributed by atoms with Gasteiger partial charge < -0.3 is 15.1 Å². The molecule has 1 aliphatic carbocycles. The molecule has 170 valence electrons. The van der Waals surface area contributed by atoms with Crippen molar-refractivity contribution in [2.24, 2.45) is 0 Å². The van der Waals surface area contributed by atoms with Crippen LogP contribution in [0.5, 0.6) is 0 Å². The first-order chi connectivity index (χ1) is 15.0. The summed E-state index contributed by atoms with van der Waals surface area (Å²) in [6, 6.07) is 9.12. The zero-order valence-corrected chi connectivity index (χ0v) is 19.4. The third kappa shape index (κ3) is 5.14. The SMILES string of the molecule is Cc1ccc(C2(CN3CCC(NC(=O)C(C)N4CCCC4=O)CC3)CCCCC2)cc1. The van der Waals surface area contributed by atoms with Gasteiger partial charge in [-0.15, -0.1) is 0 Å².